The molecule has 0 saturated heterocycles. The molecule has 0 fully saturated rings. The molecule has 1 aromatic heterocycles. The van der Waals surface area contributed by atoms with Crippen molar-refractivity contribution in [2.24, 2.45) is 0 Å². The van der Waals surface area contributed by atoms with Gasteiger partial charge in [-0.05, 0) is 12.2 Å². The number of hydrogen-bond donors (Lipinski definition) is 1. The fourth-order valence-electron chi connectivity index (χ4n) is 1.36. The van der Waals surface area contributed by atoms with Gasteiger partial charge in [0.05, 0.1) is 12.3 Å². The van der Waals surface area contributed by atoms with Crippen molar-refractivity contribution < 1.29 is 4.74 Å². The van der Waals surface area contributed by atoms with E-state index in [-0.39, 0.29) is 0 Å². The van der Waals surface area contributed by atoms with Gasteiger partial charge in [-0.3, -0.25) is 0 Å². The molecule has 0 aromatic carbocycles. The van der Waals surface area contributed by atoms with E-state index in [2.05, 4.69) is 10.3 Å². The summed E-state index contributed by atoms with van der Waals surface area (Å²) < 4.78 is 4.98. The van der Waals surface area contributed by atoms with Crippen LogP contribution in [0.25, 0.3) is 0 Å². The molecule has 1 N–H and O–H groups in total. The molecule has 14 heavy (non-hydrogen) atoms. The Labute approximate surface area is 92.3 Å². The van der Waals surface area contributed by atoms with Crippen LogP contribution in [0.3, 0.4) is 0 Å². The predicted octanol–water partition coefficient (Wildman–Crippen LogP) is 1.99. The number of hydrogen-bond acceptors (Lipinski definition) is 5. The maximum Gasteiger partial charge on any atom is 0.183 e. The Morgan fingerprint density at radius 2 is 2.50 bits per heavy atom. The van der Waals surface area contributed by atoms with Crippen LogP contribution in [0.5, 0.6) is 0 Å². The molecule has 3 nitrogen and oxygen atoms in total. The summed E-state index contributed by atoms with van der Waals surface area (Å²) in [5.41, 5.74) is 1.30. The number of thiazole rings is 1. The second kappa shape index (κ2) is 5.00. The molecule has 1 aliphatic rings. The van der Waals surface area contributed by atoms with E-state index in [0.29, 0.717) is 0 Å². The maximum atomic E-state index is 4.98. The molecule has 0 saturated carbocycles. The molecule has 0 amide bonds. The first-order chi connectivity index (χ1) is 6.90. The Hall–Kier alpha value is -0.260. The lowest BCUT2D eigenvalue weighted by Gasteiger charge is -2.06. The number of ether oxygens (including phenoxy) is 1. The van der Waals surface area contributed by atoms with Gasteiger partial charge in [0.15, 0.2) is 5.13 Å². The van der Waals surface area contributed by atoms with E-state index in [0.717, 1.165) is 30.5 Å². The number of nitrogens with zero attached hydrogens (tertiary/aromatic N) is 1. The summed E-state index contributed by atoms with van der Waals surface area (Å²) >= 11 is 3.78. The van der Waals surface area contributed by atoms with Gasteiger partial charge in [-0.25, -0.2) is 4.98 Å². The van der Waals surface area contributed by atoms with E-state index in [1.165, 1.54) is 16.3 Å². The third-order valence-electron chi connectivity index (χ3n) is 2.08. The zero-order valence-electron chi connectivity index (χ0n) is 8.21. The highest BCUT2D eigenvalue weighted by atomic mass is 32.2. The number of thioether (sulfide) groups is 1. The standard InChI is InChI=1S/C9H14N2OS2/c1-12-4-3-10-9-11-7-2-5-13-6-8(7)14-9/h2-6H2,1H3,(H,10,11). The lowest BCUT2D eigenvalue weighted by atomic mass is 10.3. The number of methoxy groups -OCH3 is 1. The summed E-state index contributed by atoms with van der Waals surface area (Å²) in [6.07, 6.45) is 1.13. The zero-order valence-corrected chi connectivity index (χ0v) is 9.84. The summed E-state index contributed by atoms with van der Waals surface area (Å²) in [5, 5.41) is 4.33. The maximum absolute atomic E-state index is 4.98. The van der Waals surface area contributed by atoms with E-state index >= 15 is 0 Å². The predicted molar refractivity (Wildman–Crippen MR) is 62.3 cm³/mol. The van der Waals surface area contributed by atoms with Gasteiger partial charge >= 0.3 is 0 Å². The third-order valence-corrected chi connectivity index (χ3v) is 4.30. The smallest absolute Gasteiger partial charge is 0.183 e. The monoisotopic (exact) mass is 230 g/mol. The fourth-order valence-corrected chi connectivity index (χ4v) is 3.51. The van der Waals surface area contributed by atoms with E-state index in [1.54, 1.807) is 18.4 Å². The molecule has 0 atom stereocenters. The van der Waals surface area contributed by atoms with Crippen LogP contribution in [-0.4, -0.2) is 31.0 Å². The molecule has 0 unspecified atom stereocenters. The molecule has 0 radical (unpaired) electrons. The van der Waals surface area contributed by atoms with Crippen LogP contribution >= 0.6 is 23.1 Å². The van der Waals surface area contributed by atoms with E-state index < -0.39 is 0 Å². The van der Waals surface area contributed by atoms with Crippen molar-refractivity contribution in [1.82, 2.24) is 4.98 Å². The number of rotatable bonds is 4. The number of aryl methyl sites for hydroxylation is 1. The average molecular weight is 230 g/mol. The molecule has 0 bridgehead atoms. The van der Waals surface area contributed by atoms with Crippen molar-refractivity contribution in [3.63, 3.8) is 0 Å². The van der Waals surface area contributed by atoms with Crippen molar-refractivity contribution in [2.75, 3.05) is 31.3 Å². The average Bonchev–Trinajstić information content (AvgIpc) is 2.60. The molecule has 1 aliphatic heterocycles. The zero-order chi connectivity index (χ0) is 9.80. The molecule has 78 valence electrons. The molecular weight excluding hydrogens is 216 g/mol. The topological polar surface area (TPSA) is 34.1 Å². The highest BCUT2D eigenvalue weighted by molar-refractivity contribution is 7.98. The minimum Gasteiger partial charge on any atom is -0.383 e. The van der Waals surface area contributed by atoms with Crippen LogP contribution in [0, 0.1) is 0 Å². The van der Waals surface area contributed by atoms with Crippen molar-refractivity contribution in [3.8, 4) is 0 Å². The molecule has 2 rings (SSSR count). The van der Waals surface area contributed by atoms with Crippen LogP contribution in [0.2, 0.25) is 0 Å². The van der Waals surface area contributed by atoms with E-state index in [4.69, 9.17) is 4.74 Å². The minimum absolute atomic E-state index is 0.735. The fraction of sp³-hybridized carbons (Fsp3) is 0.667. The molecule has 0 aliphatic carbocycles. The Bertz CT molecular complexity index is 278. The number of nitrogens with one attached hydrogen (secondary N) is 1. The summed E-state index contributed by atoms with van der Waals surface area (Å²) in [6, 6.07) is 0. The number of anilines is 1. The van der Waals surface area contributed by atoms with E-state index in [1.807, 2.05) is 11.8 Å². The normalized spacial score (nSPS) is 15.2. The van der Waals surface area contributed by atoms with Gasteiger partial charge in [0.2, 0.25) is 0 Å². The third kappa shape index (κ3) is 2.40. The van der Waals surface area contributed by atoms with Gasteiger partial charge in [-0.2, -0.15) is 11.8 Å². The lowest BCUT2D eigenvalue weighted by Crippen LogP contribution is -2.07. The minimum atomic E-state index is 0.735. The highest BCUT2D eigenvalue weighted by Crippen LogP contribution is 2.31. The molecule has 0 spiro atoms. The molecule has 1 aromatic rings. The van der Waals surface area contributed by atoms with Gasteiger partial charge in [-0.1, -0.05) is 0 Å². The lowest BCUT2D eigenvalue weighted by molar-refractivity contribution is 0.211. The van der Waals surface area contributed by atoms with Crippen LogP contribution < -0.4 is 5.32 Å². The Kier molecular flexibility index (Phi) is 3.67. The Morgan fingerprint density at radius 3 is 3.29 bits per heavy atom. The number of fused-ring (bicyclic) bond motifs is 1. The van der Waals surface area contributed by atoms with Crippen LogP contribution in [-0.2, 0) is 16.9 Å². The van der Waals surface area contributed by atoms with Gasteiger partial charge < -0.3 is 10.1 Å². The van der Waals surface area contributed by atoms with Crippen LogP contribution in [0.15, 0.2) is 0 Å². The van der Waals surface area contributed by atoms with Gasteiger partial charge in [-0.15, -0.1) is 11.3 Å². The first kappa shape index (κ1) is 10.3. The van der Waals surface area contributed by atoms with Crippen molar-refractivity contribution >= 4 is 28.2 Å². The van der Waals surface area contributed by atoms with Crippen LogP contribution in [0.1, 0.15) is 10.6 Å². The second-order valence-electron chi connectivity index (χ2n) is 3.11. The first-order valence-corrected chi connectivity index (χ1v) is 6.66. The SMILES string of the molecule is COCCNc1nc2c(s1)CSCC2. The Morgan fingerprint density at radius 1 is 1.57 bits per heavy atom. The van der Waals surface area contributed by atoms with Crippen molar-refractivity contribution in [3.05, 3.63) is 10.6 Å². The summed E-state index contributed by atoms with van der Waals surface area (Å²) in [5.74, 6) is 2.35. The quantitative estimate of drug-likeness (QED) is 0.802. The Balaban J connectivity index is 1.94. The molecule has 2 heterocycles. The second-order valence-corrected chi connectivity index (χ2v) is 5.30. The van der Waals surface area contributed by atoms with Gasteiger partial charge in [0.1, 0.15) is 0 Å². The summed E-state index contributed by atoms with van der Waals surface area (Å²) in [4.78, 5) is 6.01. The van der Waals surface area contributed by atoms with Gasteiger partial charge in [0, 0.05) is 24.3 Å². The molecular formula is C9H14N2OS2. The first-order valence-electron chi connectivity index (χ1n) is 4.69. The van der Waals surface area contributed by atoms with Gasteiger partial charge in [0.25, 0.3) is 0 Å². The molecule has 5 heteroatoms. The highest BCUT2D eigenvalue weighted by Gasteiger charge is 2.14. The van der Waals surface area contributed by atoms with E-state index in [9.17, 15) is 0 Å². The van der Waals surface area contributed by atoms with Crippen molar-refractivity contribution in [2.45, 2.75) is 12.2 Å². The number of aromatic nitrogens is 1. The summed E-state index contributed by atoms with van der Waals surface area (Å²) in [6.45, 7) is 1.58. The largest absolute Gasteiger partial charge is 0.383 e. The van der Waals surface area contributed by atoms with Crippen LogP contribution in [0.4, 0.5) is 5.13 Å². The van der Waals surface area contributed by atoms with Crippen molar-refractivity contribution in [1.29, 1.82) is 0 Å². The summed E-state index contributed by atoms with van der Waals surface area (Å²) in [7, 11) is 1.71.